The fourth-order valence-electron chi connectivity index (χ4n) is 2.85. The highest BCUT2D eigenvalue weighted by atomic mass is 32.2. The summed E-state index contributed by atoms with van der Waals surface area (Å²) in [5.74, 6) is 0.993. The minimum Gasteiger partial charge on any atom is -0.372 e. The van der Waals surface area contributed by atoms with Crippen molar-refractivity contribution in [2.24, 2.45) is 0 Å². The molecule has 20 heavy (non-hydrogen) atoms. The van der Waals surface area contributed by atoms with Crippen LogP contribution >= 0.6 is 11.8 Å². The second-order valence-corrected chi connectivity index (χ2v) is 6.66. The summed E-state index contributed by atoms with van der Waals surface area (Å²) in [5.41, 5.74) is 1.88. The second kappa shape index (κ2) is 7.01. The Morgan fingerprint density at radius 2 is 2.30 bits per heavy atom. The number of nitrogens with zero attached hydrogens (tertiary/aromatic N) is 3. The predicted octanol–water partition coefficient (Wildman–Crippen LogP) is 3.20. The number of likely N-dealkylation sites (N-methyl/N-ethyl adjacent to an activating group) is 2. The highest BCUT2D eigenvalue weighted by Gasteiger charge is 2.23. The largest absolute Gasteiger partial charge is 0.372 e. The van der Waals surface area contributed by atoms with Gasteiger partial charge in [-0.25, -0.2) is 0 Å². The molecule has 0 aromatic heterocycles. The maximum absolute atomic E-state index is 9.49. The fraction of sp³-hybridized carbons (Fsp3) is 0.562. The van der Waals surface area contributed by atoms with E-state index in [0.29, 0.717) is 6.04 Å². The summed E-state index contributed by atoms with van der Waals surface area (Å²) < 4.78 is 0. The molecule has 1 aromatic carbocycles. The molecule has 1 heterocycles. The van der Waals surface area contributed by atoms with Crippen molar-refractivity contribution in [1.82, 2.24) is 4.90 Å². The summed E-state index contributed by atoms with van der Waals surface area (Å²) in [6, 6.07) is 9.16. The molecule has 108 valence electrons. The molecule has 1 aliphatic heterocycles. The summed E-state index contributed by atoms with van der Waals surface area (Å²) in [6.45, 7) is 4.30. The Kier molecular flexibility index (Phi) is 5.33. The van der Waals surface area contributed by atoms with Crippen molar-refractivity contribution >= 4 is 17.4 Å². The number of likely N-dealkylation sites (tertiary alicyclic amines) is 1. The van der Waals surface area contributed by atoms with Crippen LogP contribution in [0.3, 0.4) is 0 Å². The van der Waals surface area contributed by atoms with Gasteiger partial charge in [0.05, 0.1) is 11.3 Å². The molecule has 0 spiro atoms. The van der Waals surface area contributed by atoms with Crippen molar-refractivity contribution in [3.63, 3.8) is 0 Å². The van der Waals surface area contributed by atoms with Crippen LogP contribution in [-0.2, 0) is 0 Å². The Balaban J connectivity index is 2.18. The summed E-state index contributed by atoms with van der Waals surface area (Å²) in [7, 11) is 4.29. The van der Waals surface area contributed by atoms with Crippen LogP contribution in [0.15, 0.2) is 23.1 Å². The van der Waals surface area contributed by atoms with Gasteiger partial charge in [0.2, 0.25) is 0 Å². The van der Waals surface area contributed by atoms with Gasteiger partial charge in [-0.15, -0.1) is 11.8 Å². The first kappa shape index (κ1) is 15.2. The molecule has 0 N–H and O–H groups in total. The van der Waals surface area contributed by atoms with Gasteiger partial charge in [0.1, 0.15) is 6.07 Å². The predicted molar refractivity (Wildman–Crippen MR) is 86.5 cm³/mol. The second-order valence-electron chi connectivity index (χ2n) is 5.35. The van der Waals surface area contributed by atoms with E-state index in [-0.39, 0.29) is 0 Å². The number of hydrogen-bond acceptors (Lipinski definition) is 4. The molecule has 3 nitrogen and oxygen atoms in total. The first-order valence-electron chi connectivity index (χ1n) is 7.24. The van der Waals surface area contributed by atoms with E-state index in [9.17, 15) is 5.26 Å². The monoisotopic (exact) mass is 289 g/mol. The molecule has 1 fully saturated rings. The lowest BCUT2D eigenvalue weighted by Crippen LogP contribution is -2.36. The lowest BCUT2D eigenvalue weighted by molar-refractivity contribution is 0.314. The zero-order valence-corrected chi connectivity index (χ0v) is 13.4. The van der Waals surface area contributed by atoms with Crippen LogP contribution in [0, 0.1) is 11.3 Å². The number of thioether (sulfide) groups is 1. The molecule has 0 amide bonds. The van der Waals surface area contributed by atoms with Gasteiger partial charge in [0.25, 0.3) is 0 Å². The highest BCUT2D eigenvalue weighted by Crippen LogP contribution is 2.30. The van der Waals surface area contributed by atoms with Crippen LogP contribution in [0.1, 0.15) is 25.3 Å². The van der Waals surface area contributed by atoms with Gasteiger partial charge < -0.3 is 9.80 Å². The maximum Gasteiger partial charge on any atom is 0.103 e. The first-order valence-corrected chi connectivity index (χ1v) is 8.23. The third kappa shape index (κ3) is 3.28. The van der Waals surface area contributed by atoms with E-state index < -0.39 is 0 Å². The lowest BCUT2D eigenvalue weighted by atomic mass is 10.1. The molecule has 0 saturated carbocycles. The molecule has 1 unspecified atom stereocenters. The minimum absolute atomic E-state index is 0.606. The topological polar surface area (TPSA) is 30.3 Å². The van der Waals surface area contributed by atoms with E-state index in [1.165, 1.54) is 19.4 Å². The number of nitriles is 1. The first-order chi connectivity index (χ1) is 9.67. The minimum atomic E-state index is 0.606. The molecular weight excluding hydrogens is 266 g/mol. The third-order valence-corrected chi connectivity index (χ3v) is 4.92. The molecule has 2 rings (SSSR count). The molecule has 4 heteroatoms. The molecule has 1 aliphatic rings. The van der Waals surface area contributed by atoms with E-state index in [4.69, 9.17) is 0 Å². The third-order valence-electron chi connectivity index (χ3n) is 3.98. The van der Waals surface area contributed by atoms with Crippen molar-refractivity contribution in [3.05, 3.63) is 23.8 Å². The Morgan fingerprint density at radius 1 is 1.50 bits per heavy atom. The van der Waals surface area contributed by atoms with Crippen molar-refractivity contribution in [3.8, 4) is 6.07 Å². The number of anilines is 1. The van der Waals surface area contributed by atoms with Crippen LogP contribution in [0.2, 0.25) is 0 Å². The van der Waals surface area contributed by atoms with Crippen LogP contribution in [0.5, 0.6) is 0 Å². The van der Waals surface area contributed by atoms with E-state index >= 15 is 0 Å². The average Bonchev–Trinajstić information content (AvgIpc) is 2.84. The molecule has 0 aliphatic carbocycles. The van der Waals surface area contributed by atoms with Gasteiger partial charge in [-0.05, 0) is 44.3 Å². The van der Waals surface area contributed by atoms with Crippen molar-refractivity contribution in [1.29, 1.82) is 5.26 Å². The molecular formula is C16H23N3S. The summed E-state index contributed by atoms with van der Waals surface area (Å²) in [6.07, 6.45) is 2.54. The van der Waals surface area contributed by atoms with Crippen LogP contribution in [0.25, 0.3) is 0 Å². The molecule has 1 atom stereocenters. The van der Waals surface area contributed by atoms with E-state index in [1.807, 2.05) is 6.07 Å². The molecule has 1 aromatic rings. The number of rotatable bonds is 5. The van der Waals surface area contributed by atoms with Crippen molar-refractivity contribution < 1.29 is 0 Å². The smallest absolute Gasteiger partial charge is 0.103 e. The van der Waals surface area contributed by atoms with Crippen molar-refractivity contribution in [2.75, 3.05) is 37.8 Å². The zero-order valence-electron chi connectivity index (χ0n) is 12.6. The highest BCUT2D eigenvalue weighted by molar-refractivity contribution is 7.99. The SMILES string of the molecule is CCSc1cccc(N(C)CC2CCCN2C)c1C#N. The van der Waals surface area contributed by atoms with Gasteiger partial charge in [0, 0.05) is 24.5 Å². The molecule has 0 radical (unpaired) electrons. The quantitative estimate of drug-likeness (QED) is 0.779. The molecule has 0 bridgehead atoms. The van der Waals surface area contributed by atoms with Gasteiger partial charge in [-0.3, -0.25) is 0 Å². The van der Waals surface area contributed by atoms with Crippen LogP contribution in [0.4, 0.5) is 5.69 Å². The van der Waals surface area contributed by atoms with Gasteiger partial charge in [-0.2, -0.15) is 5.26 Å². The Hall–Kier alpha value is -1.18. The van der Waals surface area contributed by atoms with E-state index in [0.717, 1.165) is 28.4 Å². The van der Waals surface area contributed by atoms with Crippen LogP contribution < -0.4 is 4.90 Å². The maximum atomic E-state index is 9.49. The standard InChI is InChI=1S/C16H23N3S/c1-4-20-16-9-5-8-15(14(16)11-17)19(3)12-13-7-6-10-18(13)2/h5,8-9,13H,4,6-7,10,12H2,1-3H3. The summed E-state index contributed by atoms with van der Waals surface area (Å²) >= 11 is 1.74. The van der Waals surface area contributed by atoms with E-state index in [2.05, 4.69) is 49.0 Å². The normalized spacial score (nSPS) is 19.0. The van der Waals surface area contributed by atoms with E-state index in [1.54, 1.807) is 11.8 Å². The molecule has 1 saturated heterocycles. The van der Waals surface area contributed by atoms with Gasteiger partial charge in [-0.1, -0.05) is 13.0 Å². The van der Waals surface area contributed by atoms with Crippen molar-refractivity contribution in [2.45, 2.75) is 30.7 Å². The lowest BCUT2D eigenvalue weighted by Gasteiger charge is -2.28. The number of benzene rings is 1. The summed E-state index contributed by atoms with van der Waals surface area (Å²) in [4.78, 5) is 5.76. The van der Waals surface area contributed by atoms with Crippen LogP contribution in [-0.4, -0.2) is 43.9 Å². The van der Waals surface area contributed by atoms with Gasteiger partial charge >= 0.3 is 0 Å². The Morgan fingerprint density at radius 3 is 2.90 bits per heavy atom. The Labute approximate surface area is 126 Å². The average molecular weight is 289 g/mol. The fourth-order valence-corrected chi connectivity index (χ4v) is 3.63. The Bertz CT molecular complexity index is 495. The van der Waals surface area contributed by atoms with Gasteiger partial charge in [0.15, 0.2) is 0 Å². The summed E-state index contributed by atoms with van der Waals surface area (Å²) in [5, 5.41) is 9.49. The zero-order chi connectivity index (χ0) is 14.5. The number of hydrogen-bond donors (Lipinski definition) is 0.